The number of halogens is 1. The van der Waals surface area contributed by atoms with Gasteiger partial charge in [-0.15, -0.1) is 0 Å². The van der Waals surface area contributed by atoms with Crippen molar-refractivity contribution in [1.29, 1.82) is 0 Å². The molecule has 0 bridgehead atoms. The van der Waals surface area contributed by atoms with E-state index in [1.807, 2.05) is 24.3 Å². The maximum absolute atomic E-state index is 12.6. The molecular weight excluding hydrogens is 330 g/mol. The summed E-state index contributed by atoms with van der Waals surface area (Å²) in [5, 5.41) is 2.93. The highest BCUT2D eigenvalue weighted by atomic mass is 79.9. The van der Waals surface area contributed by atoms with E-state index < -0.39 is 0 Å². The zero-order chi connectivity index (χ0) is 15.2. The number of benzene rings is 1. The van der Waals surface area contributed by atoms with Gasteiger partial charge < -0.3 is 5.32 Å². The predicted molar refractivity (Wildman–Crippen MR) is 84.7 cm³/mol. The summed E-state index contributed by atoms with van der Waals surface area (Å²) in [6.07, 6.45) is 1.64. The van der Waals surface area contributed by atoms with Crippen molar-refractivity contribution in [3.05, 3.63) is 45.6 Å². The second-order valence-electron chi connectivity index (χ2n) is 6.66. The first-order valence-corrected chi connectivity index (χ1v) is 7.97. The molecule has 1 aliphatic heterocycles. The number of hydrogen-bond acceptors (Lipinski definition) is 2. The third-order valence-electron chi connectivity index (χ3n) is 4.23. The van der Waals surface area contributed by atoms with Crippen molar-refractivity contribution in [1.82, 2.24) is 5.32 Å². The first-order valence-electron chi connectivity index (χ1n) is 7.18. The number of Topliss-reactive ketones (excluding diaryl/α,β-unsaturated/α-hetero) is 1. The summed E-state index contributed by atoms with van der Waals surface area (Å²) < 4.78 is 0.953. The minimum atomic E-state index is -0.132. The highest BCUT2D eigenvalue weighted by Gasteiger charge is 2.40. The highest BCUT2D eigenvalue weighted by Crippen LogP contribution is 2.45. The SMILES string of the molecule is CC1(C)CC(=O)C2=C(C1)NC(=O)C[C@H]2c1ccccc1Br. The second-order valence-corrected chi connectivity index (χ2v) is 7.51. The number of rotatable bonds is 1. The summed E-state index contributed by atoms with van der Waals surface area (Å²) in [5.41, 5.74) is 2.57. The van der Waals surface area contributed by atoms with Gasteiger partial charge in [0.1, 0.15) is 0 Å². The van der Waals surface area contributed by atoms with Gasteiger partial charge in [-0.05, 0) is 23.5 Å². The van der Waals surface area contributed by atoms with E-state index in [-0.39, 0.29) is 23.0 Å². The van der Waals surface area contributed by atoms with Crippen LogP contribution < -0.4 is 5.32 Å². The van der Waals surface area contributed by atoms with Crippen molar-refractivity contribution in [3.8, 4) is 0 Å². The zero-order valence-electron chi connectivity index (χ0n) is 12.2. The van der Waals surface area contributed by atoms with E-state index in [0.29, 0.717) is 12.8 Å². The molecular formula is C17H18BrNO2. The maximum atomic E-state index is 12.6. The molecule has 0 saturated carbocycles. The minimum Gasteiger partial charge on any atom is -0.329 e. The molecule has 0 saturated heterocycles. The topological polar surface area (TPSA) is 46.2 Å². The standard InChI is InChI=1S/C17H18BrNO2/c1-17(2)8-13-16(14(20)9-17)11(7-15(21)19-13)10-5-3-4-6-12(10)18/h3-6,11H,7-9H2,1-2H3,(H,19,21)/t11-/m0/s1. The van der Waals surface area contributed by atoms with Gasteiger partial charge in [-0.2, -0.15) is 0 Å². The van der Waals surface area contributed by atoms with Crippen LogP contribution in [-0.2, 0) is 9.59 Å². The summed E-state index contributed by atoms with van der Waals surface area (Å²) in [5.74, 6) is 0.0370. The fourth-order valence-corrected chi connectivity index (χ4v) is 3.94. The molecule has 3 rings (SSSR count). The van der Waals surface area contributed by atoms with Crippen LogP contribution >= 0.6 is 15.9 Å². The zero-order valence-corrected chi connectivity index (χ0v) is 13.8. The molecule has 0 spiro atoms. The Morgan fingerprint density at radius 3 is 2.62 bits per heavy atom. The van der Waals surface area contributed by atoms with Crippen molar-refractivity contribution in [2.75, 3.05) is 0 Å². The Morgan fingerprint density at radius 1 is 1.19 bits per heavy atom. The lowest BCUT2D eigenvalue weighted by molar-refractivity contribution is -0.122. The molecule has 1 aromatic carbocycles. The molecule has 1 heterocycles. The molecule has 0 radical (unpaired) electrons. The number of hydrogen-bond donors (Lipinski definition) is 1. The average molecular weight is 348 g/mol. The third-order valence-corrected chi connectivity index (χ3v) is 4.95. The van der Waals surface area contributed by atoms with Gasteiger partial charge in [0.2, 0.25) is 5.91 Å². The number of ketones is 1. The number of carbonyl (C=O) groups is 2. The van der Waals surface area contributed by atoms with Crippen LogP contribution in [0.4, 0.5) is 0 Å². The van der Waals surface area contributed by atoms with E-state index in [0.717, 1.165) is 27.7 Å². The molecule has 1 aliphatic carbocycles. The molecule has 1 amide bonds. The van der Waals surface area contributed by atoms with Crippen molar-refractivity contribution in [2.24, 2.45) is 5.41 Å². The molecule has 1 atom stereocenters. The smallest absolute Gasteiger partial charge is 0.225 e. The lowest BCUT2D eigenvalue weighted by Gasteiger charge is -2.38. The van der Waals surface area contributed by atoms with Gasteiger partial charge in [-0.3, -0.25) is 9.59 Å². The fourth-order valence-electron chi connectivity index (χ4n) is 3.38. The van der Waals surface area contributed by atoms with Gasteiger partial charge >= 0.3 is 0 Å². The molecule has 21 heavy (non-hydrogen) atoms. The van der Waals surface area contributed by atoms with Crippen LogP contribution in [0.15, 0.2) is 40.0 Å². The van der Waals surface area contributed by atoms with Crippen LogP contribution in [0.5, 0.6) is 0 Å². The lowest BCUT2D eigenvalue weighted by Crippen LogP contribution is -2.40. The van der Waals surface area contributed by atoms with Gasteiger partial charge in [0.25, 0.3) is 0 Å². The van der Waals surface area contributed by atoms with E-state index in [1.165, 1.54) is 0 Å². The van der Waals surface area contributed by atoms with Crippen LogP contribution in [0.3, 0.4) is 0 Å². The Hall–Kier alpha value is -1.42. The molecule has 110 valence electrons. The molecule has 3 nitrogen and oxygen atoms in total. The van der Waals surface area contributed by atoms with Gasteiger partial charge in [-0.1, -0.05) is 48.0 Å². The quantitative estimate of drug-likeness (QED) is 0.841. The summed E-state index contributed by atoms with van der Waals surface area (Å²) >= 11 is 3.55. The Balaban J connectivity index is 2.11. The Bertz CT molecular complexity index is 661. The Morgan fingerprint density at radius 2 is 1.90 bits per heavy atom. The van der Waals surface area contributed by atoms with E-state index in [4.69, 9.17) is 0 Å². The maximum Gasteiger partial charge on any atom is 0.225 e. The van der Waals surface area contributed by atoms with Crippen LogP contribution in [0, 0.1) is 5.41 Å². The number of amides is 1. The summed E-state index contributed by atoms with van der Waals surface area (Å²) in [6, 6.07) is 7.84. The number of allylic oxidation sites excluding steroid dienone is 2. The molecule has 0 fully saturated rings. The van der Waals surface area contributed by atoms with E-state index in [2.05, 4.69) is 35.1 Å². The Labute approximate surface area is 132 Å². The fraction of sp³-hybridized carbons (Fsp3) is 0.412. The van der Waals surface area contributed by atoms with Gasteiger partial charge in [-0.25, -0.2) is 0 Å². The van der Waals surface area contributed by atoms with Crippen LogP contribution in [0.25, 0.3) is 0 Å². The van der Waals surface area contributed by atoms with Gasteiger partial charge in [0, 0.05) is 34.5 Å². The normalized spacial score (nSPS) is 24.6. The van der Waals surface area contributed by atoms with Crippen molar-refractivity contribution >= 4 is 27.6 Å². The minimum absolute atomic E-state index is 0.00000283. The molecule has 1 aromatic rings. The van der Waals surface area contributed by atoms with E-state index in [1.54, 1.807) is 0 Å². The first kappa shape index (κ1) is 14.5. The second kappa shape index (κ2) is 5.09. The van der Waals surface area contributed by atoms with E-state index >= 15 is 0 Å². The summed E-state index contributed by atoms with van der Waals surface area (Å²) in [6.45, 7) is 4.14. The van der Waals surface area contributed by atoms with Crippen LogP contribution in [-0.4, -0.2) is 11.7 Å². The molecule has 0 unspecified atom stereocenters. The molecule has 4 heteroatoms. The molecule has 2 aliphatic rings. The van der Waals surface area contributed by atoms with Crippen molar-refractivity contribution in [3.63, 3.8) is 0 Å². The highest BCUT2D eigenvalue weighted by molar-refractivity contribution is 9.10. The predicted octanol–water partition coefficient (Wildman–Crippen LogP) is 3.70. The van der Waals surface area contributed by atoms with Crippen LogP contribution in [0.1, 0.15) is 44.6 Å². The number of carbonyl (C=O) groups excluding carboxylic acids is 2. The van der Waals surface area contributed by atoms with Crippen molar-refractivity contribution < 1.29 is 9.59 Å². The third kappa shape index (κ3) is 2.69. The lowest BCUT2D eigenvalue weighted by atomic mass is 9.70. The van der Waals surface area contributed by atoms with E-state index in [9.17, 15) is 9.59 Å². The van der Waals surface area contributed by atoms with Gasteiger partial charge in [0.05, 0.1) is 0 Å². The Kier molecular flexibility index (Phi) is 3.52. The molecule has 1 N–H and O–H groups in total. The summed E-state index contributed by atoms with van der Waals surface area (Å²) in [4.78, 5) is 24.7. The van der Waals surface area contributed by atoms with Crippen molar-refractivity contribution in [2.45, 2.75) is 39.0 Å². The molecule has 0 aromatic heterocycles. The summed E-state index contributed by atoms with van der Waals surface area (Å²) in [7, 11) is 0. The first-order chi connectivity index (χ1) is 9.87. The monoisotopic (exact) mass is 347 g/mol. The average Bonchev–Trinajstić information content (AvgIpc) is 2.36. The van der Waals surface area contributed by atoms with Crippen LogP contribution in [0.2, 0.25) is 0 Å². The van der Waals surface area contributed by atoms with Gasteiger partial charge in [0.15, 0.2) is 5.78 Å². The largest absolute Gasteiger partial charge is 0.329 e. The number of nitrogens with one attached hydrogen (secondary N) is 1.